The number of methoxy groups -OCH3 is 1. The summed E-state index contributed by atoms with van der Waals surface area (Å²) in [5.74, 6) is -1.61. The van der Waals surface area contributed by atoms with Gasteiger partial charge in [0.05, 0.1) is 13.7 Å². The SMILES string of the molecule is COC(=O)CN(Cc1cc(F)cc(F)c1)C(C)C. The summed E-state index contributed by atoms with van der Waals surface area (Å²) in [7, 11) is 1.31. The fourth-order valence-corrected chi connectivity index (χ4v) is 1.59. The van der Waals surface area contributed by atoms with Crippen molar-refractivity contribution in [3.05, 3.63) is 35.4 Å². The first-order chi connectivity index (χ1) is 8.42. The van der Waals surface area contributed by atoms with Crippen molar-refractivity contribution in [3.63, 3.8) is 0 Å². The molecule has 0 fully saturated rings. The highest BCUT2D eigenvalue weighted by atomic mass is 19.1. The Balaban J connectivity index is 2.79. The molecule has 0 aromatic heterocycles. The molecule has 0 N–H and O–H groups in total. The summed E-state index contributed by atoms with van der Waals surface area (Å²) in [6.07, 6.45) is 0. The van der Waals surface area contributed by atoms with Gasteiger partial charge in [-0.2, -0.15) is 0 Å². The lowest BCUT2D eigenvalue weighted by atomic mass is 10.1. The first kappa shape index (κ1) is 14.6. The van der Waals surface area contributed by atoms with Crippen LogP contribution in [-0.4, -0.2) is 30.6 Å². The Morgan fingerprint density at radius 1 is 1.28 bits per heavy atom. The number of ether oxygens (including phenoxy) is 1. The molecule has 0 saturated heterocycles. The Labute approximate surface area is 105 Å². The van der Waals surface area contributed by atoms with E-state index in [0.717, 1.165) is 6.07 Å². The molecule has 0 aliphatic rings. The second-order valence-electron chi connectivity index (χ2n) is 4.35. The van der Waals surface area contributed by atoms with E-state index in [1.165, 1.54) is 19.2 Å². The molecule has 0 heterocycles. The molecule has 0 radical (unpaired) electrons. The maximum Gasteiger partial charge on any atom is 0.319 e. The van der Waals surface area contributed by atoms with Crippen LogP contribution in [0.5, 0.6) is 0 Å². The van der Waals surface area contributed by atoms with E-state index in [1.807, 2.05) is 13.8 Å². The Hall–Kier alpha value is -1.49. The number of hydrogen-bond donors (Lipinski definition) is 0. The van der Waals surface area contributed by atoms with Gasteiger partial charge in [-0.3, -0.25) is 9.69 Å². The maximum absolute atomic E-state index is 13.1. The number of carbonyl (C=O) groups excluding carboxylic acids is 1. The molecule has 0 saturated carbocycles. The van der Waals surface area contributed by atoms with E-state index in [4.69, 9.17) is 0 Å². The minimum absolute atomic E-state index is 0.0652. The van der Waals surface area contributed by atoms with Crippen LogP contribution in [0.3, 0.4) is 0 Å². The van der Waals surface area contributed by atoms with Crippen LogP contribution in [0, 0.1) is 11.6 Å². The van der Waals surface area contributed by atoms with E-state index in [1.54, 1.807) is 4.90 Å². The van der Waals surface area contributed by atoms with Gasteiger partial charge in [0.25, 0.3) is 0 Å². The van der Waals surface area contributed by atoms with Crippen LogP contribution in [0.2, 0.25) is 0 Å². The van der Waals surface area contributed by atoms with Gasteiger partial charge in [-0.15, -0.1) is 0 Å². The number of benzene rings is 1. The average Bonchev–Trinajstić information content (AvgIpc) is 2.26. The molecule has 0 atom stereocenters. The van der Waals surface area contributed by atoms with Crippen molar-refractivity contribution in [2.75, 3.05) is 13.7 Å². The highest BCUT2D eigenvalue weighted by Crippen LogP contribution is 2.12. The van der Waals surface area contributed by atoms with Crippen LogP contribution in [0.15, 0.2) is 18.2 Å². The first-order valence-electron chi connectivity index (χ1n) is 5.68. The summed E-state index contributed by atoms with van der Waals surface area (Å²) in [5.41, 5.74) is 0.491. The van der Waals surface area contributed by atoms with Crippen molar-refractivity contribution in [1.82, 2.24) is 4.90 Å². The Morgan fingerprint density at radius 3 is 2.28 bits per heavy atom. The van der Waals surface area contributed by atoms with E-state index < -0.39 is 11.6 Å². The zero-order valence-corrected chi connectivity index (χ0v) is 10.7. The second-order valence-corrected chi connectivity index (χ2v) is 4.35. The smallest absolute Gasteiger partial charge is 0.319 e. The number of halogens is 2. The zero-order valence-electron chi connectivity index (χ0n) is 10.7. The van der Waals surface area contributed by atoms with E-state index in [9.17, 15) is 13.6 Å². The molecule has 0 unspecified atom stereocenters. The lowest BCUT2D eigenvalue weighted by Gasteiger charge is -2.25. The summed E-state index contributed by atoms with van der Waals surface area (Å²) in [5, 5.41) is 0. The van der Waals surface area contributed by atoms with Crippen molar-refractivity contribution in [2.45, 2.75) is 26.4 Å². The number of nitrogens with zero attached hydrogens (tertiary/aromatic N) is 1. The van der Waals surface area contributed by atoms with Gasteiger partial charge in [-0.25, -0.2) is 8.78 Å². The average molecular weight is 257 g/mol. The van der Waals surface area contributed by atoms with Crippen LogP contribution in [0.25, 0.3) is 0 Å². The molecular formula is C13H17F2NO2. The highest BCUT2D eigenvalue weighted by molar-refractivity contribution is 5.71. The van der Waals surface area contributed by atoms with Gasteiger partial charge < -0.3 is 4.74 Å². The van der Waals surface area contributed by atoms with Crippen molar-refractivity contribution in [2.24, 2.45) is 0 Å². The molecule has 1 aromatic carbocycles. The van der Waals surface area contributed by atoms with Crippen LogP contribution < -0.4 is 0 Å². The zero-order chi connectivity index (χ0) is 13.7. The number of hydrogen-bond acceptors (Lipinski definition) is 3. The Bertz CT molecular complexity index is 401. The molecule has 1 aromatic rings. The predicted molar refractivity (Wildman–Crippen MR) is 63.9 cm³/mol. The maximum atomic E-state index is 13.1. The normalized spacial score (nSPS) is 11.1. The van der Waals surface area contributed by atoms with E-state index in [0.29, 0.717) is 12.1 Å². The fraction of sp³-hybridized carbons (Fsp3) is 0.462. The fourth-order valence-electron chi connectivity index (χ4n) is 1.59. The quantitative estimate of drug-likeness (QED) is 0.758. The van der Waals surface area contributed by atoms with E-state index >= 15 is 0 Å². The van der Waals surface area contributed by atoms with E-state index in [-0.39, 0.29) is 18.6 Å². The van der Waals surface area contributed by atoms with Gasteiger partial charge in [0, 0.05) is 18.7 Å². The number of rotatable bonds is 5. The van der Waals surface area contributed by atoms with Crippen LogP contribution in [0.4, 0.5) is 8.78 Å². The Kier molecular flexibility index (Phi) is 5.22. The van der Waals surface area contributed by atoms with Crippen molar-refractivity contribution in [1.29, 1.82) is 0 Å². The molecule has 3 nitrogen and oxygen atoms in total. The summed E-state index contributed by atoms with van der Waals surface area (Å²) < 4.78 is 30.7. The molecule has 18 heavy (non-hydrogen) atoms. The number of carbonyl (C=O) groups is 1. The van der Waals surface area contributed by atoms with Crippen LogP contribution in [-0.2, 0) is 16.1 Å². The largest absolute Gasteiger partial charge is 0.468 e. The van der Waals surface area contributed by atoms with Gasteiger partial charge in [-0.05, 0) is 31.5 Å². The number of esters is 1. The van der Waals surface area contributed by atoms with Crippen LogP contribution >= 0.6 is 0 Å². The first-order valence-corrected chi connectivity index (χ1v) is 5.68. The molecule has 100 valence electrons. The molecule has 0 amide bonds. The molecule has 1 rings (SSSR count). The topological polar surface area (TPSA) is 29.5 Å². The van der Waals surface area contributed by atoms with Gasteiger partial charge >= 0.3 is 5.97 Å². The van der Waals surface area contributed by atoms with Crippen molar-refractivity contribution in [3.8, 4) is 0 Å². The van der Waals surface area contributed by atoms with Gasteiger partial charge in [0.2, 0.25) is 0 Å². The minimum atomic E-state index is -0.619. The standard InChI is InChI=1S/C13H17F2NO2/c1-9(2)16(8-13(17)18-3)7-10-4-11(14)6-12(15)5-10/h4-6,9H,7-8H2,1-3H3. The molecule has 0 spiro atoms. The van der Waals surface area contributed by atoms with Crippen molar-refractivity contribution < 1.29 is 18.3 Å². The summed E-state index contributed by atoms with van der Waals surface area (Å²) >= 11 is 0. The molecular weight excluding hydrogens is 240 g/mol. The summed E-state index contributed by atoms with van der Waals surface area (Å²) in [6, 6.07) is 3.41. The van der Waals surface area contributed by atoms with E-state index in [2.05, 4.69) is 4.74 Å². The third-order valence-corrected chi connectivity index (χ3v) is 2.60. The summed E-state index contributed by atoms with van der Waals surface area (Å²) in [6.45, 7) is 4.19. The van der Waals surface area contributed by atoms with Gasteiger partial charge in [0.1, 0.15) is 11.6 Å². The monoisotopic (exact) mass is 257 g/mol. The molecule has 0 bridgehead atoms. The third kappa shape index (κ3) is 4.41. The van der Waals surface area contributed by atoms with Crippen LogP contribution in [0.1, 0.15) is 19.4 Å². The minimum Gasteiger partial charge on any atom is -0.468 e. The predicted octanol–water partition coefficient (Wildman–Crippen LogP) is 2.35. The van der Waals surface area contributed by atoms with Crippen molar-refractivity contribution >= 4 is 5.97 Å². The second kappa shape index (κ2) is 6.44. The molecule has 5 heteroatoms. The Morgan fingerprint density at radius 2 is 1.83 bits per heavy atom. The molecule has 0 aliphatic heterocycles. The van der Waals surface area contributed by atoms with Gasteiger partial charge in [0.15, 0.2) is 0 Å². The highest BCUT2D eigenvalue weighted by Gasteiger charge is 2.15. The lowest BCUT2D eigenvalue weighted by Crippen LogP contribution is -2.35. The summed E-state index contributed by atoms with van der Waals surface area (Å²) in [4.78, 5) is 13.0. The third-order valence-electron chi connectivity index (χ3n) is 2.60. The lowest BCUT2D eigenvalue weighted by molar-refractivity contribution is -0.142. The molecule has 0 aliphatic carbocycles. The van der Waals surface area contributed by atoms with Gasteiger partial charge in [-0.1, -0.05) is 0 Å².